The summed E-state index contributed by atoms with van der Waals surface area (Å²) in [5, 5.41) is 5.48. The van der Waals surface area contributed by atoms with Crippen molar-refractivity contribution < 1.29 is 27.2 Å². The van der Waals surface area contributed by atoms with E-state index in [0.29, 0.717) is 16.8 Å². The lowest BCUT2D eigenvalue weighted by Gasteiger charge is -2.09. The molecule has 0 aliphatic rings. The Kier molecular flexibility index (Phi) is 8.18. The second-order valence-electron chi connectivity index (χ2n) is 7.52. The van der Waals surface area contributed by atoms with Crippen molar-refractivity contribution in [3.05, 3.63) is 101 Å². The molecule has 0 aromatic heterocycles. The standard InChI is InChI=1S/C25H22F4N2O2/c26-20-8-4-16(13-22(20)28)6-10-24(32)30-15-18-2-1-3-19(12-18)31-25(33)11-7-17-5-9-21(27)23(29)14-17/h1-5,8-9,12-14H,6-7,10-11,15H2,(H,30,32)(H,31,33). The van der Waals surface area contributed by atoms with E-state index < -0.39 is 23.3 Å². The number of carbonyl (C=O) groups is 2. The van der Waals surface area contributed by atoms with Gasteiger partial charge in [-0.25, -0.2) is 17.6 Å². The number of anilines is 1. The molecule has 3 aromatic rings. The number of benzene rings is 3. The van der Waals surface area contributed by atoms with Crippen LogP contribution >= 0.6 is 0 Å². The number of rotatable bonds is 9. The molecule has 0 radical (unpaired) electrons. The molecule has 4 nitrogen and oxygen atoms in total. The van der Waals surface area contributed by atoms with Crippen molar-refractivity contribution in [1.82, 2.24) is 5.32 Å². The third-order valence-electron chi connectivity index (χ3n) is 4.95. The zero-order chi connectivity index (χ0) is 23.8. The third-order valence-corrected chi connectivity index (χ3v) is 4.95. The number of hydrogen-bond donors (Lipinski definition) is 2. The summed E-state index contributed by atoms with van der Waals surface area (Å²) in [5.41, 5.74) is 2.34. The maximum Gasteiger partial charge on any atom is 0.224 e. The number of amides is 2. The van der Waals surface area contributed by atoms with Crippen molar-refractivity contribution in [1.29, 1.82) is 0 Å². The Balaban J connectivity index is 1.44. The number of aryl methyl sites for hydroxylation is 2. The summed E-state index contributed by atoms with van der Waals surface area (Å²) in [7, 11) is 0. The summed E-state index contributed by atoms with van der Waals surface area (Å²) in [5.74, 6) is -4.30. The summed E-state index contributed by atoms with van der Waals surface area (Å²) in [6.45, 7) is 0.231. The van der Waals surface area contributed by atoms with Gasteiger partial charge < -0.3 is 10.6 Å². The zero-order valence-electron chi connectivity index (χ0n) is 17.6. The first kappa shape index (κ1) is 24.0. The average molecular weight is 458 g/mol. The van der Waals surface area contributed by atoms with Gasteiger partial charge in [-0.1, -0.05) is 24.3 Å². The topological polar surface area (TPSA) is 58.2 Å². The predicted molar refractivity (Wildman–Crippen MR) is 116 cm³/mol. The Morgan fingerprint density at radius 1 is 0.636 bits per heavy atom. The molecule has 0 atom stereocenters. The van der Waals surface area contributed by atoms with E-state index in [1.807, 2.05) is 0 Å². The highest BCUT2D eigenvalue weighted by atomic mass is 19.2. The number of carbonyl (C=O) groups excluding carboxylic acids is 2. The van der Waals surface area contributed by atoms with E-state index in [4.69, 9.17) is 0 Å². The highest BCUT2D eigenvalue weighted by Gasteiger charge is 2.08. The molecule has 2 N–H and O–H groups in total. The Morgan fingerprint density at radius 3 is 1.79 bits per heavy atom. The van der Waals surface area contributed by atoms with Gasteiger partial charge in [0.2, 0.25) is 11.8 Å². The normalized spacial score (nSPS) is 10.7. The second-order valence-corrected chi connectivity index (χ2v) is 7.52. The molecule has 8 heteroatoms. The van der Waals surface area contributed by atoms with Crippen LogP contribution in [0.15, 0.2) is 60.7 Å². The fourth-order valence-corrected chi connectivity index (χ4v) is 3.18. The van der Waals surface area contributed by atoms with Crippen molar-refractivity contribution >= 4 is 17.5 Å². The van der Waals surface area contributed by atoms with Crippen LogP contribution in [-0.2, 0) is 29.0 Å². The van der Waals surface area contributed by atoms with Gasteiger partial charge in [0.25, 0.3) is 0 Å². The molecule has 2 amide bonds. The van der Waals surface area contributed by atoms with Crippen LogP contribution in [-0.4, -0.2) is 11.8 Å². The van der Waals surface area contributed by atoms with Crippen LogP contribution in [0.4, 0.5) is 23.2 Å². The van der Waals surface area contributed by atoms with Crippen LogP contribution in [0.25, 0.3) is 0 Å². The van der Waals surface area contributed by atoms with Crippen LogP contribution in [0.1, 0.15) is 29.5 Å². The first-order valence-electron chi connectivity index (χ1n) is 10.3. The van der Waals surface area contributed by atoms with Crippen LogP contribution in [0.3, 0.4) is 0 Å². The van der Waals surface area contributed by atoms with E-state index in [1.54, 1.807) is 24.3 Å². The monoisotopic (exact) mass is 458 g/mol. The van der Waals surface area contributed by atoms with Gasteiger partial charge in [0.05, 0.1) is 0 Å². The largest absolute Gasteiger partial charge is 0.352 e. The number of hydrogen-bond acceptors (Lipinski definition) is 2. The summed E-state index contributed by atoms with van der Waals surface area (Å²) < 4.78 is 52.4. The molecule has 3 aromatic carbocycles. The van der Waals surface area contributed by atoms with Gasteiger partial charge >= 0.3 is 0 Å². The Bertz CT molecular complexity index is 1150. The van der Waals surface area contributed by atoms with Gasteiger partial charge in [0.15, 0.2) is 23.3 Å². The van der Waals surface area contributed by atoms with Crippen molar-refractivity contribution in [2.75, 3.05) is 5.32 Å². The zero-order valence-corrected chi connectivity index (χ0v) is 17.6. The molecule has 0 spiro atoms. The van der Waals surface area contributed by atoms with Crippen molar-refractivity contribution in [3.8, 4) is 0 Å². The van der Waals surface area contributed by atoms with E-state index in [-0.39, 0.29) is 44.0 Å². The molecule has 0 heterocycles. The molecule has 0 fully saturated rings. The molecule has 0 bridgehead atoms. The van der Waals surface area contributed by atoms with Gasteiger partial charge in [-0.2, -0.15) is 0 Å². The van der Waals surface area contributed by atoms with Gasteiger partial charge in [-0.05, 0) is 65.9 Å². The Morgan fingerprint density at radius 2 is 1.21 bits per heavy atom. The molecule has 172 valence electrons. The molecule has 33 heavy (non-hydrogen) atoms. The first-order valence-corrected chi connectivity index (χ1v) is 10.3. The lowest BCUT2D eigenvalue weighted by Crippen LogP contribution is -2.23. The fourth-order valence-electron chi connectivity index (χ4n) is 3.18. The van der Waals surface area contributed by atoms with Crippen LogP contribution < -0.4 is 10.6 Å². The minimum absolute atomic E-state index is 0.0933. The van der Waals surface area contributed by atoms with Crippen LogP contribution in [0.2, 0.25) is 0 Å². The number of nitrogens with one attached hydrogen (secondary N) is 2. The van der Waals surface area contributed by atoms with E-state index >= 15 is 0 Å². The molecule has 0 unspecified atom stereocenters. The summed E-state index contributed by atoms with van der Waals surface area (Å²) in [6.07, 6.45) is 0.745. The maximum atomic E-state index is 13.3. The van der Waals surface area contributed by atoms with Crippen molar-refractivity contribution in [3.63, 3.8) is 0 Å². The fraction of sp³-hybridized carbons (Fsp3) is 0.200. The van der Waals surface area contributed by atoms with E-state index in [2.05, 4.69) is 10.6 Å². The SMILES string of the molecule is O=C(CCc1ccc(F)c(F)c1)NCc1cccc(NC(=O)CCc2ccc(F)c(F)c2)c1. The quantitative estimate of drug-likeness (QED) is 0.440. The second kappa shape index (κ2) is 11.3. The van der Waals surface area contributed by atoms with Crippen LogP contribution in [0.5, 0.6) is 0 Å². The highest BCUT2D eigenvalue weighted by Crippen LogP contribution is 2.14. The molecule has 0 aliphatic carbocycles. The minimum Gasteiger partial charge on any atom is -0.352 e. The third kappa shape index (κ3) is 7.45. The molecular weight excluding hydrogens is 436 g/mol. The Hall–Kier alpha value is -3.68. The van der Waals surface area contributed by atoms with Gasteiger partial charge in [-0.15, -0.1) is 0 Å². The molecule has 0 saturated heterocycles. The maximum absolute atomic E-state index is 13.3. The minimum atomic E-state index is -0.951. The lowest BCUT2D eigenvalue weighted by molar-refractivity contribution is -0.121. The predicted octanol–water partition coefficient (Wildman–Crippen LogP) is 5.06. The summed E-state index contributed by atoms with van der Waals surface area (Å²) in [4.78, 5) is 24.3. The van der Waals surface area contributed by atoms with E-state index in [9.17, 15) is 27.2 Å². The smallest absolute Gasteiger partial charge is 0.224 e. The van der Waals surface area contributed by atoms with Gasteiger partial charge in [0, 0.05) is 25.1 Å². The molecule has 0 saturated carbocycles. The molecule has 0 aliphatic heterocycles. The van der Waals surface area contributed by atoms with Gasteiger partial charge in [-0.3, -0.25) is 9.59 Å². The average Bonchev–Trinajstić information content (AvgIpc) is 2.79. The lowest BCUT2D eigenvalue weighted by atomic mass is 10.1. The highest BCUT2D eigenvalue weighted by molar-refractivity contribution is 5.90. The van der Waals surface area contributed by atoms with Crippen LogP contribution in [0, 0.1) is 23.3 Å². The van der Waals surface area contributed by atoms with Crippen molar-refractivity contribution in [2.24, 2.45) is 0 Å². The Labute approximate surface area is 188 Å². The molecule has 3 rings (SSSR count). The summed E-state index contributed by atoms with van der Waals surface area (Å²) in [6, 6.07) is 14.0. The summed E-state index contributed by atoms with van der Waals surface area (Å²) >= 11 is 0. The first-order chi connectivity index (χ1) is 15.8. The molecular formula is C25H22F4N2O2. The van der Waals surface area contributed by atoms with Crippen molar-refractivity contribution in [2.45, 2.75) is 32.2 Å². The van der Waals surface area contributed by atoms with E-state index in [0.717, 1.165) is 29.8 Å². The van der Waals surface area contributed by atoms with Gasteiger partial charge in [0.1, 0.15) is 0 Å². The number of halogens is 4. The van der Waals surface area contributed by atoms with E-state index in [1.165, 1.54) is 12.1 Å².